The fourth-order valence-corrected chi connectivity index (χ4v) is 12.2. The molecule has 0 saturated heterocycles. The van der Waals surface area contributed by atoms with Gasteiger partial charge >= 0.3 is 0 Å². The van der Waals surface area contributed by atoms with Crippen LogP contribution < -0.4 is 10.4 Å². The quantitative estimate of drug-likeness (QED) is 0.159. The van der Waals surface area contributed by atoms with Crippen molar-refractivity contribution in [1.82, 2.24) is 9.97 Å². The molecule has 8 aromatic carbocycles. The van der Waals surface area contributed by atoms with E-state index in [9.17, 15) is 0 Å². The molecule has 58 heavy (non-hydrogen) atoms. The first kappa shape index (κ1) is 34.1. The highest BCUT2D eigenvalue weighted by Gasteiger charge is 2.41. The Morgan fingerprint density at radius 3 is 1.66 bits per heavy atom. The number of fused-ring (bicyclic) bond motifs is 6. The molecule has 0 amide bonds. The smallest absolute Gasteiger partial charge is 0.160 e. The molecule has 0 aliphatic carbocycles. The van der Waals surface area contributed by atoms with Gasteiger partial charge in [0.1, 0.15) is 19.2 Å². The van der Waals surface area contributed by atoms with Gasteiger partial charge in [-0.15, -0.1) is 0 Å². The first-order valence-corrected chi connectivity index (χ1v) is 22.9. The second-order valence-corrected chi connectivity index (χ2v) is 20.0. The molecule has 11 rings (SSSR count). The SMILES string of the molecule is C[Si]1(C)c2ccccc2-c2nc(-c3cccc(-c4cccc(-c5ccc(-c6ccccc6)cc5)c4)c3)nc(-c3ccc(-c4cccc5c4oc4ccccc45)cc3)c21. The van der Waals surface area contributed by atoms with Crippen molar-refractivity contribution in [3.8, 4) is 78.4 Å². The number of benzene rings is 8. The van der Waals surface area contributed by atoms with Gasteiger partial charge in [0, 0.05) is 27.5 Å². The van der Waals surface area contributed by atoms with E-state index in [0.29, 0.717) is 0 Å². The molecular formula is C54H38N2OSi. The maximum absolute atomic E-state index is 6.42. The molecule has 0 atom stereocenters. The summed E-state index contributed by atoms with van der Waals surface area (Å²) in [6, 6.07) is 69.3. The zero-order valence-electron chi connectivity index (χ0n) is 32.3. The van der Waals surface area contributed by atoms with Gasteiger partial charge in [-0.05, 0) is 73.1 Å². The van der Waals surface area contributed by atoms with Crippen LogP contribution in [0.5, 0.6) is 0 Å². The fourth-order valence-electron chi connectivity index (χ4n) is 8.94. The molecule has 1 aliphatic heterocycles. The Bertz CT molecular complexity index is 3180. The van der Waals surface area contributed by atoms with Gasteiger partial charge in [0.2, 0.25) is 0 Å². The lowest BCUT2D eigenvalue weighted by Crippen LogP contribution is -2.50. The van der Waals surface area contributed by atoms with Gasteiger partial charge in [0.05, 0.1) is 11.4 Å². The highest BCUT2D eigenvalue weighted by atomic mass is 28.3. The van der Waals surface area contributed by atoms with E-state index in [0.717, 1.165) is 72.5 Å². The van der Waals surface area contributed by atoms with Gasteiger partial charge in [-0.25, -0.2) is 9.97 Å². The Balaban J connectivity index is 0.992. The van der Waals surface area contributed by atoms with E-state index in [2.05, 4.69) is 195 Å². The summed E-state index contributed by atoms with van der Waals surface area (Å²) in [6.07, 6.45) is 0. The van der Waals surface area contributed by atoms with Crippen LogP contribution in [-0.2, 0) is 0 Å². The van der Waals surface area contributed by atoms with Gasteiger partial charge in [-0.2, -0.15) is 0 Å². The maximum Gasteiger partial charge on any atom is 0.160 e. The minimum atomic E-state index is -2.13. The average Bonchev–Trinajstić information content (AvgIpc) is 3.79. The molecule has 0 spiro atoms. The van der Waals surface area contributed by atoms with Crippen LogP contribution in [0.2, 0.25) is 13.1 Å². The van der Waals surface area contributed by atoms with Crippen LogP contribution in [0.1, 0.15) is 0 Å². The second kappa shape index (κ2) is 13.5. The standard InChI is InChI=1S/C54H38N2OSi/c1-58(2)49-24-9-7-20-47(49)51-53(58)50(39-31-29-38(30-32-39)44-21-12-22-46-45-19-6-8-23-48(45)57-52(44)46)55-54(56-51)43-18-11-17-42(34-43)41-16-10-15-40(33-41)37-27-25-36(26-28-37)35-13-4-3-5-14-35/h3-34H,1-2H3. The topological polar surface area (TPSA) is 38.9 Å². The number of furan rings is 1. The van der Waals surface area contributed by atoms with Gasteiger partial charge < -0.3 is 4.42 Å². The van der Waals surface area contributed by atoms with Crippen molar-refractivity contribution >= 4 is 40.4 Å². The first-order valence-electron chi connectivity index (χ1n) is 19.9. The summed E-state index contributed by atoms with van der Waals surface area (Å²) in [5.74, 6) is 0.737. The Labute approximate surface area is 339 Å². The van der Waals surface area contributed by atoms with Crippen LogP contribution in [-0.4, -0.2) is 18.0 Å². The molecule has 3 nitrogen and oxygen atoms in total. The summed E-state index contributed by atoms with van der Waals surface area (Å²) in [5, 5.41) is 4.98. The normalized spacial score (nSPS) is 12.8. The molecule has 2 aromatic heterocycles. The summed E-state index contributed by atoms with van der Waals surface area (Å²) in [4.78, 5) is 10.9. The molecule has 3 heterocycles. The number of hydrogen-bond acceptors (Lipinski definition) is 3. The molecule has 4 heteroatoms. The van der Waals surface area contributed by atoms with Crippen LogP contribution >= 0.6 is 0 Å². The molecule has 1 aliphatic rings. The Hall–Kier alpha value is -7.14. The van der Waals surface area contributed by atoms with Crippen molar-refractivity contribution in [2.24, 2.45) is 0 Å². The van der Waals surface area contributed by atoms with E-state index in [4.69, 9.17) is 14.4 Å². The Kier molecular flexibility index (Phi) is 7.95. The van der Waals surface area contributed by atoms with E-state index >= 15 is 0 Å². The number of para-hydroxylation sites is 2. The lowest BCUT2D eigenvalue weighted by Gasteiger charge is -2.22. The van der Waals surface area contributed by atoms with Crippen molar-refractivity contribution in [3.63, 3.8) is 0 Å². The molecule has 10 aromatic rings. The molecule has 0 N–H and O–H groups in total. The summed E-state index contributed by atoms with van der Waals surface area (Å²) in [6.45, 7) is 4.87. The average molecular weight is 759 g/mol. The zero-order valence-corrected chi connectivity index (χ0v) is 33.3. The maximum atomic E-state index is 6.42. The van der Waals surface area contributed by atoms with Crippen molar-refractivity contribution in [3.05, 3.63) is 194 Å². The zero-order chi connectivity index (χ0) is 38.8. The molecule has 0 fully saturated rings. The molecule has 0 bridgehead atoms. The summed E-state index contributed by atoms with van der Waals surface area (Å²) in [7, 11) is -2.13. The third kappa shape index (κ3) is 5.64. The third-order valence-electron chi connectivity index (χ3n) is 11.9. The number of hydrogen-bond donors (Lipinski definition) is 0. The molecule has 0 saturated carbocycles. The Morgan fingerprint density at radius 1 is 0.379 bits per heavy atom. The predicted molar refractivity (Wildman–Crippen MR) is 244 cm³/mol. The first-order chi connectivity index (χ1) is 28.5. The van der Waals surface area contributed by atoms with Gasteiger partial charge in [-0.1, -0.05) is 189 Å². The van der Waals surface area contributed by atoms with Gasteiger partial charge in [0.15, 0.2) is 5.82 Å². The van der Waals surface area contributed by atoms with Crippen molar-refractivity contribution in [1.29, 1.82) is 0 Å². The predicted octanol–water partition coefficient (Wildman–Crippen LogP) is 13.2. The lowest BCUT2D eigenvalue weighted by atomic mass is 9.96. The monoisotopic (exact) mass is 758 g/mol. The van der Waals surface area contributed by atoms with Crippen molar-refractivity contribution in [2.45, 2.75) is 13.1 Å². The van der Waals surface area contributed by atoms with E-state index in [-0.39, 0.29) is 0 Å². The number of aromatic nitrogens is 2. The van der Waals surface area contributed by atoms with E-state index in [1.54, 1.807) is 0 Å². The summed E-state index contributed by atoms with van der Waals surface area (Å²) in [5.41, 5.74) is 16.5. The third-order valence-corrected chi connectivity index (χ3v) is 15.4. The minimum absolute atomic E-state index is 0.737. The van der Waals surface area contributed by atoms with Crippen molar-refractivity contribution < 1.29 is 4.42 Å². The van der Waals surface area contributed by atoms with Crippen LogP contribution in [0.15, 0.2) is 199 Å². The van der Waals surface area contributed by atoms with Gasteiger partial charge in [-0.3, -0.25) is 0 Å². The number of rotatable bonds is 6. The van der Waals surface area contributed by atoms with E-state index in [1.807, 2.05) is 12.1 Å². The van der Waals surface area contributed by atoms with Crippen LogP contribution in [0.25, 0.3) is 100 Å². The van der Waals surface area contributed by atoms with Gasteiger partial charge in [0.25, 0.3) is 0 Å². The van der Waals surface area contributed by atoms with E-state index < -0.39 is 8.07 Å². The highest BCUT2D eigenvalue weighted by Crippen LogP contribution is 2.38. The molecule has 274 valence electrons. The highest BCUT2D eigenvalue weighted by molar-refractivity contribution is 7.04. The molecular weight excluding hydrogens is 721 g/mol. The minimum Gasteiger partial charge on any atom is -0.455 e. The largest absolute Gasteiger partial charge is 0.455 e. The molecule has 0 unspecified atom stereocenters. The lowest BCUT2D eigenvalue weighted by molar-refractivity contribution is 0.670. The summed E-state index contributed by atoms with van der Waals surface area (Å²) < 4.78 is 6.42. The Morgan fingerprint density at radius 2 is 0.879 bits per heavy atom. The molecule has 0 radical (unpaired) electrons. The second-order valence-electron chi connectivity index (χ2n) is 15.8. The fraction of sp³-hybridized carbons (Fsp3) is 0.0370. The van der Waals surface area contributed by atoms with Crippen LogP contribution in [0, 0.1) is 0 Å². The van der Waals surface area contributed by atoms with Crippen molar-refractivity contribution in [2.75, 3.05) is 0 Å². The summed E-state index contributed by atoms with van der Waals surface area (Å²) >= 11 is 0. The number of nitrogens with zero attached hydrogens (tertiary/aromatic N) is 2. The van der Waals surface area contributed by atoms with E-state index in [1.165, 1.54) is 38.2 Å². The van der Waals surface area contributed by atoms with Crippen LogP contribution in [0.3, 0.4) is 0 Å². The van der Waals surface area contributed by atoms with Crippen LogP contribution in [0.4, 0.5) is 0 Å².